The normalized spacial score (nSPS) is 12.1. The molecule has 2 N–H and O–H groups in total. The van der Waals surface area contributed by atoms with E-state index in [-0.39, 0.29) is 0 Å². The van der Waals surface area contributed by atoms with Gasteiger partial charge >= 0.3 is 0 Å². The molecule has 0 spiro atoms. The molecule has 0 aromatic heterocycles. The van der Waals surface area contributed by atoms with E-state index in [0.717, 1.165) is 17.8 Å². The quantitative estimate of drug-likeness (QED) is 0.622. The first-order chi connectivity index (χ1) is 9.38. The van der Waals surface area contributed by atoms with Crippen LogP contribution in [-0.2, 0) is 6.42 Å². The first kappa shape index (κ1) is 12.1. The second-order valence-corrected chi connectivity index (χ2v) is 5.09. The Balaban J connectivity index is 1.88. The van der Waals surface area contributed by atoms with E-state index in [4.69, 9.17) is 0 Å². The van der Waals surface area contributed by atoms with Gasteiger partial charge in [-0.2, -0.15) is 0 Å². The molecule has 0 fully saturated rings. The standard InChI is InChI=1S/C17H20N2/c1-2-3-4-8-13-9-7-12-16-17(13)19-15-11-6-5-10-14(15)18-16/h5-7,9-12,18-19H,2-4,8H2,1H3. The summed E-state index contributed by atoms with van der Waals surface area (Å²) in [5.41, 5.74) is 6.16. The molecule has 0 saturated heterocycles. The highest BCUT2D eigenvalue weighted by molar-refractivity contribution is 5.91. The number of anilines is 4. The number of para-hydroxylation sites is 3. The summed E-state index contributed by atoms with van der Waals surface area (Å²) in [5, 5.41) is 7.08. The summed E-state index contributed by atoms with van der Waals surface area (Å²) in [6.07, 6.45) is 4.97. The van der Waals surface area contributed by atoms with Crippen LogP contribution in [0.1, 0.15) is 31.7 Å². The first-order valence-electron chi connectivity index (χ1n) is 7.13. The van der Waals surface area contributed by atoms with Crippen LogP contribution in [0.3, 0.4) is 0 Å². The molecule has 0 radical (unpaired) electrons. The molecule has 2 heteroatoms. The summed E-state index contributed by atoms with van der Waals surface area (Å²) in [7, 11) is 0. The van der Waals surface area contributed by atoms with Gasteiger partial charge in [-0.05, 0) is 36.6 Å². The Kier molecular flexibility index (Phi) is 3.41. The van der Waals surface area contributed by atoms with Crippen molar-refractivity contribution in [2.75, 3.05) is 10.6 Å². The molecular weight excluding hydrogens is 232 g/mol. The molecule has 1 aliphatic rings. The molecule has 0 amide bonds. The van der Waals surface area contributed by atoms with Crippen molar-refractivity contribution < 1.29 is 0 Å². The van der Waals surface area contributed by atoms with Crippen LogP contribution in [0.4, 0.5) is 22.7 Å². The number of rotatable bonds is 4. The second-order valence-electron chi connectivity index (χ2n) is 5.09. The summed E-state index contributed by atoms with van der Waals surface area (Å²) >= 11 is 0. The molecule has 0 bridgehead atoms. The molecule has 1 heterocycles. The van der Waals surface area contributed by atoms with Gasteiger partial charge in [0.15, 0.2) is 0 Å². The Morgan fingerprint density at radius 1 is 0.789 bits per heavy atom. The van der Waals surface area contributed by atoms with Gasteiger partial charge < -0.3 is 10.6 Å². The third kappa shape index (κ3) is 2.43. The van der Waals surface area contributed by atoms with Crippen molar-refractivity contribution in [3.8, 4) is 0 Å². The lowest BCUT2D eigenvalue weighted by molar-refractivity contribution is 0.718. The highest BCUT2D eigenvalue weighted by Gasteiger charge is 2.15. The maximum atomic E-state index is 3.57. The topological polar surface area (TPSA) is 24.1 Å². The van der Waals surface area contributed by atoms with Crippen molar-refractivity contribution in [3.63, 3.8) is 0 Å². The van der Waals surface area contributed by atoms with Gasteiger partial charge in [0.1, 0.15) is 0 Å². The summed E-state index contributed by atoms with van der Waals surface area (Å²) in [6, 6.07) is 14.9. The summed E-state index contributed by atoms with van der Waals surface area (Å²) in [6.45, 7) is 2.25. The lowest BCUT2D eigenvalue weighted by Crippen LogP contribution is -2.08. The number of benzene rings is 2. The van der Waals surface area contributed by atoms with E-state index in [2.05, 4.69) is 60.0 Å². The third-order valence-corrected chi connectivity index (χ3v) is 3.66. The number of hydrogen-bond donors (Lipinski definition) is 2. The van der Waals surface area contributed by atoms with E-state index in [1.807, 2.05) is 0 Å². The van der Waals surface area contributed by atoms with Crippen LogP contribution in [-0.4, -0.2) is 0 Å². The van der Waals surface area contributed by atoms with Crippen molar-refractivity contribution in [1.82, 2.24) is 0 Å². The lowest BCUT2D eigenvalue weighted by Gasteiger charge is -2.25. The minimum Gasteiger partial charge on any atom is -0.352 e. The maximum absolute atomic E-state index is 3.57. The SMILES string of the molecule is CCCCCc1cccc2c1Nc1ccccc1N2. The molecule has 98 valence electrons. The molecule has 1 aliphatic heterocycles. The summed E-state index contributed by atoms with van der Waals surface area (Å²) < 4.78 is 0. The van der Waals surface area contributed by atoms with Crippen molar-refractivity contribution in [2.45, 2.75) is 32.6 Å². The zero-order chi connectivity index (χ0) is 13.1. The van der Waals surface area contributed by atoms with Crippen LogP contribution in [0.5, 0.6) is 0 Å². The van der Waals surface area contributed by atoms with Crippen LogP contribution in [0.15, 0.2) is 42.5 Å². The summed E-state index contributed by atoms with van der Waals surface area (Å²) in [5.74, 6) is 0. The van der Waals surface area contributed by atoms with Gasteiger partial charge in [0, 0.05) is 0 Å². The highest BCUT2D eigenvalue weighted by atomic mass is 15.0. The predicted molar refractivity (Wildman–Crippen MR) is 82.7 cm³/mol. The molecular formula is C17H20N2. The van der Waals surface area contributed by atoms with Crippen LogP contribution in [0.2, 0.25) is 0 Å². The number of hydrogen-bond acceptors (Lipinski definition) is 2. The van der Waals surface area contributed by atoms with Gasteiger partial charge in [0.05, 0.1) is 22.7 Å². The molecule has 2 aromatic rings. The smallest absolute Gasteiger partial charge is 0.0656 e. The van der Waals surface area contributed by atoms with Crippen LogP contribution in [0, 0.1) is 0 Å². The van der Waals surface area contributed by atoms with E-state index >= 15 is 0 Å². The second kappa shape index (κ2) is 5.35. The Bertz CT molecular complexity index is 575. The monoisotopic (exact) mass is 252 g/mol. The Morgan fingerprint density at radius 3 is 2.32 bits per heavy atom. The molecule has 3 rings (SSSR count). The lowest BCUT2D eigenvalue weighted by atomic mass is 10.0. The van der Waals surface area contributed by atoms with Gasteiger partial charge in [0.2, 0.25) is 0 Å². The minimum absolute atomic E-state index is 1.15. The fourth-order valence-corrected chi connectivity index (χ4v) is 2.61. The van der Waals surface area contributed by atoms with Gasteiger partial charge in [-0.3, -0.25) is 0 Å². The van der Waals surface area contributed by atoms with Gasteiger partial charge in [-0.25, -0.2) is 0 Å². The molecule has 19 heavy (non-hydrogen) atoms. The number of nitrogens with one attached hydrogen (secondary N) is 2. The fraction of sp³-hybridized carbons (Fsp3) is 0.294. The zero-order valence-electron chi connectivity index (χ0n) is 11.4. The average Bonchev–Trinajstić information content (AvgIpc) is 2.46. The molecule has 0 aliphatic carbocycles. The molecule has 0 unspecified atom stereocenters. The van der Waals surface area contributed by atoms with Gasteiger partial charge in [-0.15, -0.1) is 0 Å². The van der Waals surface area contributed by atoms with Crippen molar-refractivity contribution >= 4 is 22.7 Å². The largest absolute Gasteiger partial charge is 0.352 e. The Labute approximate surface area is 114 Å². The highest BCUT2D eigenvalue weighted by Crippen LogP contribution is 2.40. The van der Waals surface area contributed by atoms with E-state index in [1.165, 1.54) is 36.2 Å². The molecule has 0 atom stereocenters. The van der Waals surface area contributed by atoms with Crippen LogP contribution >= 0.6 is 0 Å². The van der Waals surface area contributed by atoms with Gasteiger partial charge in [0.25, 0.3) is 0 Å². The fourth-order valence-electron chi connectivity index (χ4n) is 2.61. The van der Waals surface area contributed by atoms with E-state index in [0.29, 0.717) is 0 Å². The molecule has 2 aromatic carbocycles. The average molecular weight is 252 g/mol. The minimum atomic E-state index is 1.15. The van der Waals surface area contributed by atoms with Crippen molar-refractivity contribution in [1.29, 1.82) is 0 Å². The van der Waals surface area contributed by atoms with E-state index < -0.39 is 0 Å². The third-order valence-electron chi connectivity index (χ3n) is 3.66. The predicted octanol–water partition coefficient (Wildman–Crippen LogP) is 5.22. The Morgan fingerprint density at radius 2 is 1.53 bits per heavy atom. The van der Waals surface area contributed by atoms with Gasteiger partial charge in [-0.1, -0.05) is 44.0 Å². The van der Waals surface area contributed by atoms with E-state index in [9.17, 15) is 0 Å². The maximum Gasteiger partial charge on any atom is 0.0656 e. The van der Waals surface area contributed by atoms with E-state index in [1.54, 1.807) is 0 Å². The van der Waals surface area contributed by atoms with Crippen LogP contribution < -0.4 is 10.6 Å². The number of fused-ring (bicyclic) bond motifs is 2. The van der Waals surface area contributed by atoms with Crippen molar-refractivity contribution in [3.05, 3.63) is 48.0 Å². The molecule has 2 nitrogen and oxygen atoms in total. The van der Waals surface area contributed by atoms with Crippen LogP contribution in [0.25, 0.3) is 0 Å². The zero-order valence-corrected chi connectivity index (χ0v) is 11.4. The summed E-state index contributed by atoms with van der Waals surface area (Å²) in [4.78, 5) is 0. The number of unbranched alkanes of at least 4 members (excludes halogenated alkanes) is 2. The Hall–Kier alpha value is -1.96. The molecule has 0 saturated carbocycles. The number of aryl methyl sites for hydroxylation is 1. The first-order valence-corrected chi connectivity index (χ1v) is 7.13. The van der Waals surface area contributed by atoms with Crippen molar-refractivity contribution in [2.24, 2.45) is 0 Å².